The van der Waals surface area contributed by atoms with Crippen molar-refractivity contribution in [2.45, 2.75) is 64.8 Å². The van der Waals surface area contributed by atoms with Gasteiger partial charge >= 0.3 is 0 Å². The lowest BCUT2D eigenvalue weighted by atomic mass is 10.5. The summed E-state index contributed by atoms with van der Waals surface area (Å²) in [4.78, 5) is 10.9. The Balaban J connectivity index is 1.51. The van der Waals surface area contributed by atoms with Gasteiger partial charge in [0.25, 0.3) is 0 Å². The molecule has 196 valence electrons. The summed E-state index contributed by atoms with van der Waals surface area (Å²) in [6.07, 6.45) is 5.90. The van der Waals surface area contributed by atoms with Gasteiger partial charge in [0.15, 0.2) is 11.6 Å². The van der Waals surface area contributed by atoms with Crippen LogP contribution in [0.15, 0.2) is 43.3 Å². The molecule has 2 aliphatic heterocycles. The van der Waals surface area contributed by atoms with Crippen molar-refractivity contribution >= 4 is 68.1 Å². The van der Waals surface area contributed by atoms with Gasteiger partial charge in [0.1, 0.15) is 13.5 Å². The molecule has 4 heterocycles. The third-order valence-electron chi connectivity index (χ3n) is 5.45. The van der Waals surface area contributed by atoms with Gasteiger partial charge in [-0.3, -0.25) is 0 Å². The molecule has 0 saturated carbocycles. The molecule has 0 amide bonds. The summed E-state index contributed by atoms with van der Waals surface area (Å²) in [6, 6.07) is 2.29. The second-order valence-corrected chi connectivity index (χ2v) is 26.6. The molecule has 12 heteroatoms. The normalized spacial score (nSPS) is 16.4. The lowest BCUT2D eigenvalue weighted by molar-refractivity contribution is 0.0844. The number of aromatic nitrogens is 4. The van der Waals surface area contributed by atoms with E-state index in [2.05, 4.69) is 71.3 Å². The number of hydrogen-bond donors (Lipinski definition) is 0. The fourth-order valence-electron chi connectivity index (χ4n) is 3.27. The quantitative estimate of drug-likeness (QED) is 0.179. The van der Waals surface area contributed by atoms with Gasteiger partial charge in [-0.2, -0.15) is 0 Å². The molecule has 0 spiro atoms. The molecule has 2 aromatic rings. The smallest absolute Gasteiger partial charge is 0.179 e. The highest BCUT2D eigenvalue weighted by atomic mass is 32.2. The Bertz CT molecular complexity index is 1140. The first-order valence-electron chi connectivity index (χ1n) is 12.1. The molecule has 0 fully saturated rings. The van der Waals surface area contributed by atoms with Gasteiger partial charge < -0.3 is 18.6 Å². The standard InChI is InChI=1S/C24H36N4O2S4Si2/c1-35(2,3)13-9-29-17-27-8-7-25-21(27)22-26-19(15-28(22)18-30-10-14-36(4,5)6)20-16-33-24(34-20)23-31-11-12-32-23/h7-8,11-12,15-16H,9-10,13-14,17-18H2,1-6H3. The van der Waals surface area contributed by atoms with Gasteiger partial charge in [0, 0.05) is 52.9 Å². The van der Waals surface area contributed by atoms with E-state index in [0.717, 1.165) is 42.6 Å². The molecule has 0 N–H and O–H groups in total. The van der Waals surface area contributed by atoms with Crippen LogP contribution >= 0.6 is 47.0 Å². The van der Waals surface area contributed by atoms with Gasteiger partial charge in [-0.25, -0.2) is 9.97 Å². The average Bonchev–Trinajstić information content (AvgIpc) is 3.58. The van der Waals surface area contributed by atoms with E-state index < -0.39 is 16.1 Å². The number of imidazole rings is 2. The van der Waals surface area contributed by atoms with Crippen LogP contribution in [0.5, 0.6) is 0 Å². The fraction of sp³-hybridized carbons (Fsp3) is 0.500. The van der Waals surface area contributed by atoms with Crippen molar-refractivity contribution in [1.29, 1.82) is 0 Å². The van der Waals surface area contributed by atoms with E-state index in [0.29, 0.717) is 13.5 Å². The molecule has 0 radical (unpaired) electrons. The van der Waals surface area contributed by atoms with E-state index >= 15 is 0 Å². The Kier molecular flexibility index (Phi) is 9.86. The SMILES string of the molecule is C[Si](C)(C)CCOCn1ccnc1-c1nc(C2=CSC(=C3SC=CS3)S2)cn1COCC[Si](C)(C)C. The van der Waals surface area contributed by atoms with Gasteiger partial charge in [-0.1, -0.05) is 86.3 Å². The molecule has 0 saturated heterocycles. The summed E-state index contributed by atoms with van der Waals surface area (Å²) in [6.45, 7) is 16.7. The zero-order valence-corrected chi connectivity index (χ0v) is 27.2. The van der Waals surface area contributed by atoms with E-state index in [1.165, 1.54) is 13.4 Å². The van der Waals surface area contributed by atoms with Crippen LogP contribution in [0.3, 0.4) is 0 Å². The minimum Gasteiger partial charge on any atom is -0.361 e. The minimum absolute atomic E-state index is 0.463. The highest BCUT2D eigenvalue weighted by Crippen LogP contribution is 2.55. The zero-order valence-electron chi connectivity index (χ0n) is 21.9. The molecule has 0 aromatic carbocycles. The van der Waals surface area contributed by atoms with Gasteiger partial charge in [-0.05, 0) is 28.3 Å². The molecule has 6 nitrogen and oxygen atoms in total. The Morgan fingerprint density at radius 3 is 2.08 bits per heavy atom. The van der Waals surface area contributed by atoms with E-state index in [9.17, 15) is 0 Å². The first-order chi connectivity index (χ1) is 17.1. The number of rotatable bonds is 12. The van der Waals surface area contributed by atoms with Crippen LogP contribution in [0.25, 0.3) is 16.6 Å². The lowest BCUT2D eigenvalue weighted by Gasteiger charge is -2.17. The van der Waals surface area contributed by atoms with Gasteiger partial charge in [0.2, 0.25) is 0 Å². The molecular weight excluding hydrogens is 561 g/mol. The van der Waals surface area contributed by atoms with Gasteiger partial charge in [0.05, 0.1) is 14.2 Å². The van der Waals surface area contributed by atoms with Crippen LogP contribution in [0, 0.1) is 0 Å². The number of hydrogen-bond acceptors (Lipinski definition) is 8. The van der Waals surface area contributed by atoms with Crippen molar-refractivity contribution in [2.24, 2.45) is 0 Å². The van der Waals surface area contributed by atoms with Crippen molar-refractivity contribution in [3.8, 4) is 11.6 Å². The highest BCUT2D eigenvalue weighted by Gasteiger charge is 2.24. The maximum atomic E-state index is 6.13. The van der Waals surface area contributed by atoms with Crippen molar-refractivity contribution in [3.05, 3.63) is 49.0 Å². The van der Waals surface area contributed by atoms with E-state index in [4.69, 9.17) is 14.5 Å². The van der Waals surface area contributed by atoms with Crippen LogP contribution in [0.1, 0.15) is 5.69 Å². The summed E-state index contributed by atoms with van der Waals surface area (Å²) in [5.74, 6) is 1.62. The summed E-state index contributed by atoms with van der Waals surface area (Å²) >= 11 is 7.16. The van der Waals surface area contributed by atoms with Crippen LogP contribution in [0.4, 0.5) is 0 Å². The molecule has 36 heavy (non-hydrogen) atoms. The van der Waals surface area contributed by atoms with Crippen LogP contribution < -0.4 is 0 Å². The minimum atomic E-state index is -1.15. The predicted molar refractivity (Wildman–Crippen MR) is 166 cm³/mol. The van der Waals surface area contributed by atoms with E-state index in [1.807, 2.05) is 17.0 Å². The van der Waals surface area contributed by atoms with Crippen LogP contribution in [0.2, 0.25) is 51.4 Å². The van der Waals surface area contributed by atoms with Crippen LogP contribution in [-0.4, -0.2) is 48.5 Å². The lowest BCUT2D eigenvalue weighted by Crippen LogP contribution is -2.22. The third kappa shape index (κ3) is 8.19. The number of thioether (sulfide) groups is 4. The van der Waals surface area contributed by atoms with Crippen molar-refractivity contribution in [3.63, 3.8) is 0 Å². The van der Waals surface area contributed by atoms with Crippen LogP contribution in [-0.2, 0) is 22.9 Å². The Morgan fingerprint density at radius 1 is 0.806 bits per heavy atom. The van der Waals surface area contributed by atoms with Gasteiger partial charge in [-0.15, -0.1) is 0 Å². The summed E-state index contributed by atoms with van der Waals surface area (Å²) < 4.78 is 19.0. The zero-order chi connectivity index (χ0) is 25.8. The molecule has 0 atom stereocenters. The summed E-state index contributed by atoms with van der Waals surface area (Å²) in [5, 5.41) is 6.49. The van der Waals surface area contributed by atoms with E-state index in [1.54, 1.807) is 47.0 Å². The maximum absolute atomic E-state index is 6.13. The average molecular weight is 597 g/mol. The second kappa shape index (κ2) is 12.5. The fourth-order valence-corrected chi connectivity index (χ4v) is 9.20. The monoisotopic (exact) mass is 596 g/mol. The van der Waals surface area contributed by atoms with Crippen molar-refractivity contribution < 1.29 is 9.47 Å². The second-order valence-electron chi connectivity index (χ2n) is 11.1. The molecule has 2 aromatic heterocycles. The predicted octanol–water partition coefficient (Wildman–Crippen LogP) is 8.23. The first kappa shape index (κ1) is 28.4. The summed E-state index contributed by atoms with van der Waals surface area (Å²) in [7, 11) is -2.28. The molecular formula is C24H36N4O2S4Si2. The molecule has 2 aliphatic rings. The van der Waals surface area contributed by atoms with Crippen molar-refractivity contribution in [2.75, 3.05) is 13.2 Å². The molecule has 0 bridgehead atoms. The Morgan fingerprint density at radius 2 is 1.44 bits per heavy atom. The molecule has 4 rings (SSSR count). The highest BCUT2D eigenvalue weighted by molar-refractivity contribution is 8.35. The first-order valence-corrected chi connectivity index (χ1v) is 23.0. The summed E-state index contributed by atoms with van der Waals surface area (Å²) in [5.41, 5.74) is 0.960. The molecule has 0 aliphatic carbocycles. The van der Waals surface area contributed by atoms with E-state index in [-0.39, 0.29) is 0 Å². The maximum Gasteiger partial charge on any atom is 0.179 e. The number of nitrogens with zero attached hydrogens (tertiary/aromatic N) is 4. The topological polar surface area (TPSA) is 54.1 Å². The third-order valence-corrected chi connectivity index (χ3v) is 13.9. The largest absolute Gasteiger partial charge is 0.361 e. The van der Waals surface area contributed by atoms with Crippen molar-refractivity contribution in [1.82, 2.24) is 19.1 Å². The number of ether oxygens (including phenoxy) is 2. The molecule has 0 unspecified atom stereocenters. The Hall–Kier alpha value is -0.606. The Labute approximate surface area is 234 Å².